The average molecular weight is 1100 g/mol. The molecule has 0 atom stereocenters. The van der Waals surface area contributed by atoms with E-state index < -0.39 is 0 Å². The number of furan rings is 1. The van der Waals surface area contributed by atoms with Crippen molar-refractivity contribution in [1.29, 1.82) is 0 Å². The Morgan fingerprint density at radius 3 is 1.61 bits per heavy atom. The van der Waals surface area contributed by atoms with E-state index in [0.717, 1.165) is 109 Å². The normalized spacial score (nSPS) is 11.2. The smallest absolute Gasteiger partial charge is 0.458 e. The number of hydrogen-bond donors (Lipinski definition) is 0. The molecule has 12 aromatic rings. The van der Waals surface area contributed by atoms with Crippen LogP contribution in [0.2, 0.25) is 0 Å². The molecule has 72 heavy (non-hydrogen) atoms. The van der Waals surface area contributed by atoms with Crippen LogP contribution < -0.4 is 0 Å². The minimum atomic E-state index is 0. The van der Waals surface area contributed by atoms with Crippen molar-refractivity contribution in [3.05, 3.63) is 265 Å². The molecule has 0 amide bonds. The van der Waals surface area contributed by atoms with Gasteiger partial charge >= 0.3 is 20.1 Å². The van der Waals surface area contributed by atoms with Gasteiger partial charge < -0.3 is 19.4 Å². The van der Waals surface area contributed by atoms with Gasteiger partial charge in [-0.05, 0) is 110 Å². The molecule has 5 heterocycles. The van der Waals surface area contributed by atoms with Gasteiger partial charge in [0.15, 0.2) is 0 Å². The molecule has 5 nitrogen and oxygen atoms in total. The summed E-state index contributed by atoms with van der Waals surface area (Å²) >= 11 is 0. The number of benzene rings is 7. The molecule has 0 N–H and O–H groups in total. The Bertz CT molecular complexity index is 3680. The third-order valence-electron chi connectivity index (χ3n) is 13.3. The largest absolute Gasteiger partial charge is 3.00 e. The summed E-state index contributed by atoms with van der Waals surface area (Å²) in [6.45, 7) is 0. The van der Waals surface area contributed by atoms with E-state index in [9.17, 15) is 0 Å². The summed E-state index contributed by atoms with van der Waals surface area (Å²) in [7, 11) is 0. The molecule has 7 aromatic carbocycles. The van der Waals surface area contributed by atoms with E-state index >= 15 is 0 Å². The summed E-state index contributed by atoms with van der Waals surface area (Å²) in [5.41, 5.74) is 20.8. The van der Waals surface area contributed by atoms with Gasteiger partial charge in [-0.2, -0.15) is 0 Å². The monoisotopic (exact) mass is 1100 g/mol. The number of rotatable bonds is 13. The summed E-state index contributed by atoms with van der Waals surface area (Å²) in [6.07, 6.45) is 11.3. The Morgan fingerprint density at radius 1 is 0.375 bits per heavy atom. The second-order valence-electron chi connectivity index (χ2n) is 17.8. The zero-order valence-corrected chi connectivity index (χ0v) is 41.6. The van der Waals surface area contributed by atoms with Crippen LogP contribution in [0.15, 0.2) is 229 Å². The van der Waals surface area contributed by atoms with E-state index in [1.807, 2.05) is 85.3 Å². The number of aryl methyl sites for hydroxylation is 4. The van der Waals surface area contributed by atoms with Crippen LogP contribution in [0.3, 0.4) is 0 Å². The van der Waals surface area contributed by atoms with Crippen molar-refractivity contribution >= 4 is 22.1 Å². The van der Waals surface area contributed by atoms with E-state index in [2.05, 4.69) is 157 Å². The van der Waals surface area contributed by atoms with Crippen molar-refractivity contribution in [2.24, 2.45) is 0 Å². The Kier molecular flexibility index (Phi) is 13.4. The topological polar surface area (TPSA) is 64.7 Å². The van der Waals surface area contributed by atoms with Gasteiger partial charge in [-0.15, -0.1) is 89.5 Å². The van der Waals surface area contributed by atoms with Gasteiger partial charge in [0, 0.05) is 35.7 Å². The third kappa shape index (κ3) is 9.71. The molecule has 0 saturated carbocycles. The van der Waals surface area contributed by atoms with Crippen molar-refractivity contribution in [2.45, 2.75) is 25.7 Å². The summed E-state index contributed by atoms with van der Waals surface area (Å²) in [4.78, 5) is 19.4. The molecule has 0 aliphatic heterocycles. The maximum atomic E-state index is 6.22. The van der Waals surface area contributed by atoms with Gasteiger partial charge in [-0.25, -0.2) is 4.98 Å². The minimum absolute atomic E-state index is 0. The first-order chi connectivity index (χ1) is 35.2. The number of fused-ring (bicyclic) bond motifs is 3. The van der Waals surface area contributed by atoms with Gasteiger partial charge in [0.2, 0.25) is 5.71 Å². The zero-order chi connectivity index (χ0) is 47.3. The molecule has 0 fully saturated rings. The average Bonchev–Trinajstić information content (AvgIpc) is 3.84. The summed E-state index contributed by atoms with van der Waals surface area (Å²) in [6, 6.07) is 80.1. The van der Waals surface area contributed by atoms with Gasteiger partial charge in [0.05, 0.1) is 5.58 Å². The quantitative estimate of drug-likeness (QED) is 0.108. The second-order valence-corrected chi connectivity index (χ2v) is 17.8. The van der Waals surface area contributed by atoms with Gasteiger partial charge in [0.25, 0.3) is 0 Å². The van der Waals surface area contributed by atoms with Crippen molar-refractivity contribution < 1.29 is 24.5 Å². The fourth-order valence-corrected chi connectivity index (χ4v) is 9.64. The van der Waals surface area contributed by atoms with Crippen molar-refractivity contribution in [1.82, 2.24) is 19.9 Å². The molecule has 0 saturated heterocycles. The fraction of sp³-hybridized carbons (Fsp3) is 0.0606. The number of pyridine rings is 4. The standard InChI is InChI=1S/C66H45N4O.Ir/c1-4-14-49(15-5-1)50-31-33-51(34-32-50)59-41-63(57-22-12-24-64-65(57)58-23-13-37-67-66(58)71-64)70-44-60(59)56-21-11-10-20-55(56)54-39-47(27-25-45-29-35-61(68-42-45)52-16-6-2-7-17-52)38-48(40-54)28-26-46-30-36-62(69-43-46)53-18-8-3-9-19-53;/h1-16,18,20-21,23-24,29-44H,25-28H2;/q-3;+3. The molecule has 5 aromatic heterocycles. The van der Waals surface area contributed by atoms with Gasteiger partial charge in [-0.1, -0.05) is 145 Å². The van der Waals surface area contributed by atoms with Crippen molar-refractivity contribution in [2.75, 3.05) is 0 Å². The maximum Gasteiger partial charge on any atom is 3.00 e. The molecule has 6 heteroatoms. The summed E-state index contributed by atoms with van der Waals surface area (Å²) < 4.78 is 6.22. The van der Waals surface area contributed by atoms with Crippen molar-refractivity contribution in [3.8, 4) is 78.3 Å². The molecular formula is C66H45IrN4O. The summed E-state index contributed by atoms with van der Waals surface area (Å²) in [5, 5.41) is 1.89. The summed E-state index contributed by atoms with van der Waals surface area (Å²) in [5.74, 6) is 0. The van der Waals surface area contributed by atoms with E-state index in [1.54, 1.807) is 6.20 Å². The predicted molar refractivity (Wildman–Crippen MR) is 287 cm³/mol. The molecule has 0 radical (unpaired) electrons. The minimum Gasteiger partial charge on any atom is -0.458 e. The van der Waals surface area contributed by atoms with Crippen LogP contribution in [0.1, 0.15) is 22.3 Å². The van der Waals surface area contributed by atoms with E-state index in [4.69, 9.17) is 19.4 Å². The van der Waals surface area contributed by atoms with Gasteiger partial charge in [-0.3, -0.25) is 0 Å². The Morgan fingerprint density at radius 2 is 0.972 bits per heavy atom. The van der Waals surface area contributed by atoms with Crippen LogP contribution >= 0.6 is 0 Å². The molecule has 0 bridgehead atoms. The first-order valence-corrected chi connectivity index (χ1v) is 24.1. The Labute approximate surface area is 433 Å². The van der Waals surface area contributed by atoms with E-state index in [-0.39, 0.29) is 20.1 Å². The van der Waals surface area contributed by atoms with Crippen molar-refractivity contribution in [3.63, 3.8) is 0 Å². The second kappa shape index (κ2) is 20.9. The molecule has 344 valence electrons. The zero-order valence-electron chi connectivity index (χ0n) is 39.2. The fourth-order valence-electron chi connectivity index (χ4n) is 9.64. The first kappa shape index (κ1) is 46.0. The Hall–Kier alpha value is -8.41. The number of nitrogens with zero attached hydrogens (tertiary/aromatic N) is 4. The molecule has 0 unspecified atom stereocenters. The van der Waals surface area contributed by atoms with Crippen LogP contribution in [0.4, 0.5) is 0 Å². The van der Waals surface area contributed by atoms with E-state index in [1.165, 1.54) is 33.4 Å². The van der Waals surface area contributed by atoms with Crippen LogP contribution in [0.5, 0.6) is 0 Å². The predicted octanol–water partition coefficient (Wildman–Crippen LogP) is 15.8. The molecule has 0 aliphatic carbocycles. The number of aromatic nitrogens is 4. The maximum absolute atomic E-state index is 6.22. The molecular weight excluding hydrogens is 1060 g/mol. The van der Waals surface area contributed by atoms with Gasteiger partial charge in [0.1, 0.15) is 0 Å². The third-order valence-corrected chi connectivity index (χ3v) is 13.3. The van der Waals surface area contributed by atoms with Crippen LogP contribution in [0.25, 0.3) is 100 Å². The van der Waals surface area contributed by atoms with E-state index in [0.29, 0.717) is 5.71 Å². The molecule has 12 rings (SSSR count). The molecule has 0 spiro atoms. The van der Waals surface area contributed by atoms with Crippen LogP contribution in [-0.4, -0.2) is 19.9 Å². The number of hydrogen-bond acceptors (Lipinski definition) is 5. The molecule has 0 aliphatic rings. The van der Waals surface area contributed by atoms with Crippen LogP contribution in [-0.2, 0) is 45.8 Å². The first-order valence-electron chi connectivity index (χ1n) is 24.1. The Balaban J connectivity index is 0.00000560. The SMILES string of the molecule is [Ir+3].[c-]1ccccc1-c1ccc(CCc2cc(CCc3ccc(-c4[c-]cccc4)nc3)cc(-c3ccccc3-c3cnc(-c4[c-]ccc5oc6ncccc6c45)cc3-c3ccc(-c4ccccc4)cc3)c2)cn1. The van der Waals surface area contributed by atoms with Crippen LogP contribution in [0, 0.1) is 18.2 Å².